The molecule has 0 bridgehead atoms. The van der Waals surface area contributed by atoms with E-state index in [9.17, 15) is 0 Å². The minimum atomic E-state index is -0.0487. The summed E-state index contributed by atoms with van der Waals surface area (Å²) in [5.41, 5.74) is 1.07. The Labute approximate surface area is 109 Å². The molecule has 1 aromatic carbocycles. The number of benzene rings is 1. The van der Waals surface area contributed by atoms with Crippen molar-refractivity contribution in [2.24, 2.45) is 0 Å². The Balaban J connectivity index is 2.50. The maximum absolute atomic E-state index is 9.06. The van der Waals surface area contributed by atoms with E-state index in [2.05, 4.69) is 21.2 Å². The maximum atomic E-state index is 9.06. The molecule has 1 atom stereocenters. The fourth-order valence-electron chi connectivity index (χ4n) is 1.29. The van der Waals surface area contributed by atoms with Gasteiger partial charge in [0.2, 0.25) is 0 Å². The van der Waals surface area contributed by atoms with Crippen LogP contribution in [0.3, 0.4) is 0 Å². The standard InChI is InChI=1S/C11H15BrClNO2/c1-16-7-9(6-15)14-5-8-2-3-10(12)11(13)4-8/h2-4,9,14-15H,5-7H2,1H3. The third kappa shape index (κ3) is 4.39. The van der Waals surface area contributed by atoms with Gasteiger partial charge in [-0.3, -0.25) is 0 Å². The van der Waals surface area contributed by atoms with E-state index in [0.29, 0.717) is 18.2 Å². The highest BCUT2D eigenvalue weighted by Crippen LogP contribution is 2.23. The van der Waals surface area contributed by atoms with Crippen LogP contribution in [-0.4, -0.2) is 31.5 Å². The summed E-state index contributed by atoms with van der Waals surface area (Å²) in [6, 6.07) is 5.72. The van der Waals surface area contributed by atoms with Gasteiger partial charge in [0.1, 0.15) is 0 Å². The van der Waals surface area contributed by atoms with Crippen LogP contribution in [0.2, 0.25) is 5.02 Å². The fraction of sp³-hybridized carbons (Fsp3) is 0.455. The van der Waals surface area contributed by atoms with Crippen LogP contribution in [0.5, 0.6) is 0 Å². The van der Waals surface area contributed by atoms with Crippen molar-refractivity contribution < 1.29 is 9.84 Å². The van der Waals surface area contributed by atoms with E-state index >= 15 is 0 Å². The van der Waals surface area contributed by atoms with Crippen molar-refractivity contribution >= 4 is 27.5 Å². The quantitative estimate of drug-likeness (QED) is 0.846. The molecule has 0 aromatic heterocycles. The number of methoxy groups -OCH3 is 1. The summed E-state index contributed by atoms with van der Waals surface area (Å²) in [6.07, 6.45) is 0. The molecule has 0 aliphatic carbocycles. The van der Waals surface area contributed by atoms with Crippen LogP contribution in [0.15, 0.2) is 22.7 Å². The third-order valence-electron chi connectivity index (χ3n) is 2.17. The highest BCUT2D eigenvalue weighted by atomic mass is 79.9. The van der Waals surface area contributed by atoms with E-state index in [4.69, 9.17) is 21.4 Å². The molecule has 0 fully saturated rings. The largest absolute Gasteiger partial charge is 0.395 e. The first kappa shape index (κ1) is 13.9. The van der Waals surface area contributed by atoms with Gasteiger partial charge in [0.15, 0.2) is 0 Å². The summed E-state index contributed by atoms with van der Waals surface area (Å²) in [6.45, 7) is 1.19. The van der Waals surface area contributed by atoms with Crippen LogP contribution in [-0.2, 0) is 11.3 Å². The Morgan fingerprint density at radius 3 is 2.88 bits per heavy atom. The van der Waals surface area contributed by atoms with Crippen molar-refractivity contribution in [3.8, 4) is 0 Å². The molecular weight excluding hydrogens is 293 g/mol. The van der Waals surface area contributed by atoms with Gasteiger partial charge < -0.3 is 15.2 Å². The van der Waals surface area contributed by atoms with Crippen molar-refractivity contribution in [1.82, 2.24) is 5.32 Å². The van der Waals surface area contributed by atoms with Crippen LogP contribution in [0.1, 0.15) is 5.56 Å². The molecule has 16 heavy (non-hydrogen) atoms. The van der Waals surface area contributed by atoms with Crippen molar-refractivity contribution in [3.05, 3.63) is 33.3 Å². The van der Waals surface area contributed by atoms with Gasteiger partial charge in [-0.1, -0.05) is 17.7 Å². The van der Waals surface area contributed by atoms with Gasteiger partial charge in [0, 0.05) is 18.1 Å². The fourth-order valence-corrected chi connectivity index (χ4v) is 1.74. The average Bonchev–Trinajstić information content (AvgIpc) is 2.28. The average molecular weight is 309 g/mol. The zero-order valence-corrected chi connectivity index (χ0v) is 11.4. The summed E-state index contributed by atoms with van der Waals surface area (Å²) in [4.78, 5) is 0. The molecular formula is C11H15BrClNO2. The first-order valence-electron chi connectivity index (χ1n) is 4.94. The Hall–Kier alpha value is -0.130. The monoisotopic (exact) mass is 307 g/mol. The number of rotatable bonds is 6. The molecule has 0 amide bonds. The molecule has 0 aliphatic rings. The molecule has 1 rings (SSSR count). The number of halogens is 2. The molecule has 3 nitrogen and oxygen atoms in total. The van der Waals surface area contributed by atoms with E-state index < -0.39 is 0 Å². The van der Waals surface area contributed by atoms with Gasteiger partial charge in [0.05, 0.1) is 24.3 Å². The topological polar surface area (TPSA) is 41.5 Å². The second-order valence-electron chi connectivity index (χ2n) is 3.46. The minimum Gasteiger partial charge on any atom is -0.395 e. The normalized spacial score (nSPS) is 12.8. The number of hydrogen-bond donors (Lipinski definition) is 2. The van der Waals surface area contributed by atoms with E-state index in [1.807, 2.05) is 18.2 Å². The number of hydrogen-bond acceptors (Lipinski definition) is 3. The van der Waals surface area contributed by atoms with Gasteiger partial charge in [-0.05, 0) is 33.6 Å². The SMILES string of the molecule is COCC(CO)NCc1ccc(Br)c(Cl)c1. The predicted molar refractivity (Wildman–Crippen MR) is 68.7 cm³/mol. The Kier molecular flexibility index (Phi) is 6.31. The zero-order valence-electron chi connectivity index (χ0n) is 9.04. The van der Waals surface area contributed by atoms with Crippen molar-refractivity contribution in [2.45, 2.75) is 12.6 Å². The van der Waals surface area contributed by atoms with Gasteiger partial charge >= 0.3 is 0 Å². The van der Waals surface area contributed by atoms with Crippen LogP contribution in [0.25, 0.3) is 0 Å². The second kappa shape index (κ2) is 7.25. The summed E-state index contributed by atoms with van der Waals surface area (Å²) in [5, 5.41) is 12.9. The summed E-state index contributed by atoms with van der Waals surface area (Å²) >= 11 is 9.31. The lowest BCUT2D eigenvalue weighted by atomic mass is 10.2. The highest BCUT2D eigenvalue weighted by Gasteiger charge is 2.06. The van der Waals surface area contributed by atoms with Gasteiger partial charge in [-0.25, -0.2) is 0 Å². The summed E-state index contributed by atoms with van der Waals surface area (Å²) < 4.78 is 5.85. The number of ether oxygens (including phenoxy) is 1. The van der Waals surface area contributed by atoms with Gasteiger partial charge in [-0.2, -0.15) is 0 Å². The molecule has 90 valence electrons. The predicted octanol–water partition coefficient (Wildman–Crippen LogP) is 2.20. The van der Waals surface area contributed by atoms with Crippen LogP contribution in [0.4, 0.5) is 0 Å². The lowest BCUT2D eigenvalue weighted by Crippen LogP contribution is -2.35. The van der Waals surface area contributed by atoms with Crippen molar-refractivity contribution in [2.75, 3.05) is 20.3 Å². The third-order valence-corrected chi connectivity index (χ3v) is 3.40. The van der Waals surface area contributed by atoms with E-state index in [-0.39, 0.29) is 12.6 Å². The van der Waals surface area contributed by atoms with Crippen molar-refractivity contribution in [1.29, 1.82) is 0 Å². The first-order chi connectivity index (χ1) is 7.67. The van der Waals surface area contributed by atoms with E-state index in [1.165, 1.54) is 0 Å². The molecule has 0 spiro atoms. The number of aliphatic hydroxyl groups is 1. The second-order valence-corrected chi connectivity index (χ2v) is 4.73. The van der Waals surface area contributed by atoms with Crippen LogP contribution in [0, 0.1) is 0 Å². The maximum Gasteiger partial charge on any atom is 0.0638 e. The van der Waals surface area contributed by atoms with Crippen molar-refractivity contribution in [3.63, 3.8) is 0 Å². The Morgan fingerprint density at radius 2 is 2.31 bits per heavy atom. The molecule has 1 aromatic rings. The molecule has 1 unspecified atom stereocenters. The molecule has 0 aliphatic heterocycles. The van der Waals surface area contributed by atoms with E-state index in [1.54, 1.807) is 7.11 Å². The minimum absolute atomic E-state index is 0.0487. The zero-order chi connectivity index (χ0) is 12.0. The molecule has 5 heteroatoms. The molecule has 0 saturated carbocycles. The molecule has 2 N–H and O–H groups in total. The Bertz CT molecular complexity index is 336. The number of nitrogens with one attached hydrogen (secondary N) is 1. The smallest absolute Gasteiger partial charge is 0.0638 e. The van der Waals surface area contributed by atoms with Crippen LogP contribution < -0.4 is 5.32 Å². The van der Waals surface area contributed by atoms with Gasteiger partial charge in [-0.15, -0.1) is 0 Å². The molecule has 0 radical (unpaired) electrons. The summed E-state index contributed by atoms with van der Waals surface area (Å²) in [5.74, 6) is 0. The lowest BCUT2D eigenvalue weighted by molar-refractivity contribution is 0.128. The highest BCUT2D eigenvalue weighted by molar-refractivity contribution is 9.10. The lowest BCUT2D eigenvalue weighted by Gasteiger charge is -2.15. The van der Waals surface area contributed by atoms with Gasteiger partial charge in [0.25, 0.3) is 0 Å². The number of aliphatic hydroxyl groups excluding tert-OH is 1. The van der Waals surface area contributed by atoms with E-state index in [0.717, 1.165) is 10.0 Å². The van der Waals surface area contributed by atoms with Crippen LogP contribution >= 0.6 is 27.5 Å². The first-order valence-corrected chi connectivity index (χ1v) is 6.11. The Morgan fingerprint density at radius 1 is 1.56 bits per heavy atom. The molecule has 0 heterocycles. The summed E-state index contributed by atoms with van der Waals surface area (Å²) in [7, 11) is 1.61. The molecule has 0 saturated heterocycles.